The Hall–Kier alpha value is -1.72. The Balaban J connectivity index is 0.000000224. The maximum atomic E-state index is 3.46. The monoisotopic (exact) mass is 420 g/mol. The van der Waals surface area contributed by atoms with Crippen molar-refractivity contribution in [1.82, 2.24) is 0 Å². The zero-order valence-corrected chi connectivity index (χ0v) is 19.8. The van der Waals surface area contributed by atoms with E-state index in [0.717, 1.165) is 0 Å². The van der Waals surface area contributed by atoms with Crippen molar-refractivity contribution >= 4 is 34.8 Å². The molecule has 4 rings (SSSR count). The fourth-order valence-electron chi connectivity index (χ4n) is 2.83. The van der Waals surface area contributed by atoms with Crippen LogP contribution in [0.25, 0.3) is 21.5 Å². The average Bonchev–Trinajstić information content (AvgIpc) is 3.25. The van der Waals surface area contributed by atoms with Gasteiger partial charge < -0.3 is 0 Å². The van der Waals surface area contributed by atoms with Crippen molar-refractivity contribution in [2.75, 3.05) is 13.3 Å². The zero-order chi connectivity index (χ0) is 19.6. The molecular weight excluding hydrogens is 391 g/mol. The molecule has 0 unspecified atom stereocenters. The van der Waals surface area contributed by atoms with Crippen LogP contribution in [0.4, 0.5) is 0 Å². The molecule has 0 spiro atoms. The SMILES string of the molecule is C=CC=CC.CP(C)c1cc2ccccc2[cH-]1.Cc1cc2ccccc2[cH-]1.[Ti+2]. The van der Waals surface area contributed by atoms with Crippen LogP contribution in [0.5, 0.6) is 0 Å². The van der Waals surface area contributed by atoms with Gasteiger partial charge in [0.15, 0.2) is 0 Å². The van der Waals surface area contributed by atoms with Crippen LogP contribution in [0.15, 0.2) is 97.6 Å². The van der Waals surface area contributed by atoms with Gasteiger partial charge in [-0.2, -0.15) is 12.1 Å². The van der Waals surface area contributed by atoms with E-state index in [1.807, 2.05) is 19.1 Å². The normalized spacial score (nSPS) is 10.2. The van der Waals surface area contributed by atoms with Crippen LogP contribution in [-0.4, -0.2) is 13.3 Å². The Kier molecular flexibility index (Phi) is 11.0. The molecule has 0 aliphatic rings. The van der Waals surface area contributed by atoms with E-state index in [1.165, 1.54) is 32.4 Å². The summed E-state index contributed by atoms with van der Waals surface area (Å²) in [6, 6.07) is 26.0. The van der Waals surface area contributed by atoms with Gasteiger partial charge in [0.05, 0.1) is 0 Å². The van der Waals surface area contributed by atoms with Gasteiger partial charge in [0.2, 0.25) is 0 Å². The van der Waals surface area contributed by atoms with Gasteiger partial charge in [-0.3, -0.25) is 0 Å². The van der Waals surface area contributed by atoms with E-state index in [4.69, 9.17) is 0 Å². The van der Waals surface area contributed by atoms with Crippen molar-refractivity contribution in [2.24, 2.45) is 0 Å². The molecule has 0 radical (unpaired) electrons. The topological polar surface area (TPSA) is 0 Å². The third kappa shape index (κ3) is 7.36. The Bertz CT molecular complexity index is 935. The minimum absolute atomic E-state index is 0. The molecule has 28 heavy (non-hydrogen) atoms. The van der Waals surface area contributed by atoms with Crippen LogP contribution in [0.1, 0.15) is 12.5 Å². The van der Waals surface area contributed by atoms with Gasteiger partial charge in [-0.15, -0.1) is 88.9 Å². The molecule has 4 aromatic carbocycles. The first-order valence-corrected chi connectivity index (χ1v) is 11.5. The molecule has 0 heterocycles. The quantitative estimate of drug-likeness (QED) is 0.136. The summed E-state index contributed by atoms with van der Waals surface area (Å²) in [4.78, 5) is 0. The summed E-state index contributed by atoms with van der Waals surface area (Å²) in [5.41, 5.74) is 1.35. The molecule has 0 saturated heterocycles. The van der Waals surface area contributed by atoms with Gasteiger partial charge in [0.1, 0.15) is 0 Å². The zero-order valence-electron chi connectivity index (χ0n) is 17.3. The number of hydrogen-bond acceptors (Lipinski definition) is 0. The van der Waals surface area contributed by atoms with Gasteiger partial charge in [0, 0.05) is 0 Å². The van der Waals surface area contributed by atoms with Crippen molar-refractivity contribution in [2.45, 2.75) is 13.8 Å². The maximum absolute atomic E-state index is 3.46. The summed E-state index contributed by atoms with van der Waals surface area (Å²) >= 11 is 0. The molecule has 0 aromatic heterocycles. The second-order valence-corrected chi connectivity index (χ2v) is 8.97. The second-order valence-electron chi connectivity index (χ2n) is 6.66. The molecule has 0 N–H and O–H groups in total. The Morgan fingerprint density at radius 2 is 1.39 bits per heavy atom. The van der Waals surface area contributed by atoms with Gasteiger partial charge in [0.25, 0.3) is 0 Å². The third-order valence-corrected chi connectivity index (χ3v) is 5.50. The number of hydrogen-bond donors (Lipinski definition) is 0. The summed E-state index contributed by atoms with van der Waals surface area (Å²) in [7, 11) is 0.0576. The van der Waals surface area contributed by atoms with E-state index in [0.29, 0.717) is 0 Å². The summed E-state index contributed by atoms with van der Waals surface area (Å²) in [5.74, 6) is 0. The molecule has 0 fully saturated rings. The largest absolute Gasteiger partial charge is 2.00 e. The number of fused-ring (bicyclic) bond motifs is 2. The molecule has 0 nitrogen and oxygen atoms in total. The molecule has 0 aliphatic carbocycles. The Morgan fingerprint density at radius 3 is 1.82 bits per heavy atom. The van der Waals surface area contributed by atoms with E-state index >= 15 is 0 Å². The molecule has 0 saturated carbocycles. The van der Waals surface area contributed by atoms with Gasteiger partial charge >= 0.3 is 21.7 Å². The molecule has 0 amide bonds. The van der Waals surface area contributed by atoms with Crippen LogP contribution in [0.2, 0.25) is 0 Å². The Labute approximate surface area is 186 Å². The molecule has 4 aromatic rings. The van der Waals surface area contributed by atoms with Gasteiger partial charge in [-0.1, -0.05) is 43.9 Å². The van der Waals surface area contributed by atoms with Crippen LogP contribution in [-0.2, 0) is 21.7 Å². The standard InChI is InChI=1S/C11H12P.C10H9.C5H8.Ti/c1-12(2)11-7-9-5-3-4-6-10(9)8-11;1-8-6-9-4-2-3-5-10(9)7-8;1-3-5-4-2;/h3-8H,1-2H3;2-7H,1H3;3-5H,1H2,2H3;/q2*-1;;+2. The van der Waals surface area contributed by atoms with Crippen LogP contribution in [0, 0.1) is 6.92 Å². The summed E-state index contributed by atoms with van der Waals surface area (Å²) < 4.78 is 0. The van der Waals surface area contributed by atoms with Crippen LogP contribution < -0.4 is 5.30 Å². The van der Waals surface area contributed by atoms with Crippen molar-refractivity contribution in [3.63, 3.8) is 0 Å². The first-order valence-electron chi connectivity index (χ1n) is 9.23. The third-order valence-electron chi connectivity index (χ3n) is 4.21. The van der Waals surface area contributed by atoms with E-state index < -0.39 is 0 Å². The molecule has 142 valence electrons. The predicted molar refractivity (Wildman–Crippen MR) is 127 cm³/mol. The number of allylic oxidation sites excluding steroid dienone is 3. The fraction of sp³-hybridized carbons (Fsp3) is 0.154. The smallest absolute Gasteiger partial charge is 0.165 e. The van der Waals surface area contributed by atoms with Crippen molar-refractivity contribution in [3.05, 3.63) is 103 Å². The van der Waals surface area contributed by atoms with Gasteiger partial charge in [-0.05, 0) is 20.3 Å². The maximum Gasteiger partial charge on any atom is 2.00 e. The van der Waals surface area contributed by atoms with Crippen molar-refractivity contribution in [3.8, 4) is 0 Å². The molecule has 2 heteroatoms. The van der Waals surface area contributed by atoms with Crippen LogP contribution >= 0.6 is 7.92 Å². The average molecular weight is 420 g/mol. The van der Waals surface area contributed by atoms with E-state index in [9.17, 15) is 0 Å². The summed E-state index contributed by atoms with van der Waals surface area (Å²) in [6.07, 6.45) is 5.58. The number of rotatable bonds is 2. The van der Waals surface area contributed by atoms with Crippen LogP contribution in [0.3, 0.4) is 0 Å². The molecule has 0 aliphatic heterocycles. The minimum atomic E-state index is 0. The summed E-state index contributed by atoms with van der Waals surface area (Å²) in [6.45, 7) is 12.1. The minimum Gasteiger partial charge on any atom is -0.165 e. The summed E-state index contributed by atoms with van der Waals surface area (Å²) in [5, 5.41) is 6.96. The van der Waals surface area contributed by atoms with E-state index in [-0.39, 0.29) is 29.6 Å². The Morgan fingerprint density at radius 1 is 0.857 bits per heavy atom. The fourth-order valence-corrected chi connectivity index (χ4v) is 3.63. The van der Waals surface area contributed by atoms with Crippen molar-refractivity contribution < 1.29 is 21.7 Å². The number of aryl methyl sites for hydroxylation is 1. The van der Waals surface area contributed by atoms with Gasteiger partial charge in [-0.25, -0.2) is 0 Å². The molecule has 0 atom stereocenters. The predicted octanol–water partition coefficient (Wildman–Crippen LogP) is 7.54. The van der Waals surface area contributed by atoms with E-state index in [1.54, 1.807) is 6.08 Å². The van der Waals surface area contributed by atoms with E-state index in [2.05, 4.69) is 99.6 Å². The number of benzene rings is 2. The first-order chi connectivity index (χ1) is 13.0. The molecule has 0 bridgehead atoms. The van der Waals surface area contributed by atoms with Crippen molar-refractivity contribution in [1.29, 1.82) is 0 Å². The first kappa shape index (κ1) is 24.3. The molecular formula is C26H29PTi. The second kappa shape index (κ2) is 12.7.